The third-order valence-electron chi connectivity index (χ3n) is 2.20. The molecule has 1 N–H and O–H groups in total. The van der Waals surface area contributed by atoms with Crippen LogP contribution in [0, 0.1) is 5.95 Å². The smallest absolute Gasteiger partial charge is 0.213 e. The van der Waals surface area contributed by atoms with Crippen molar-refractivity contribution in [2.75, 3.05) is 0 Å². The van der Waals surface area contributed by atoms with Crippen molar-refractivity contribution in [2.24, 2.45) is 0 Å². The number of aromatic nitrogens is 1. The molecule has 0 radical (unpaired) electrons. The van der Waals surface area contributed by atoms with Crippen molar-refractivity contribution >= 4 is 0 Å². The maximum atomic E-state index is 12.8. The zero-order valence-corrected chi connectivity index (χ0v) is 8.02. The molecule has 0 atom stereocenters. The quantitative estimate of drug-likeness (QED) is 0.760. The van der Waals surface area contributed by atoms with E-state index in [1.807, 2.05) is 24.3 Å². The van der Waals surface area contributed by atoms with Crippen LogP contribution in [0.15, 0.2) is 42.6 Å². The van der Waals surface area contributed by atoms with Gasteiger partial charge in [0, 0.05) is 12.3 Å². The Hall–Kier alpha value is -1.74. The Bertz CT molecular complexity index is 453. The lowest BCUT2D eigenvalue weighted by Gasteiger charge is -2.02. The van der Waals surface area contributed by atoms with Crippen molar-refractivity contribution in [1.29, 1.82) is 0 Å². The molecule has 1 heterocycles. The molecule has 0 saturated carbocycles. The van der Waals surface area contributed by atoms with Gasteiger partial charge in [-0.2, -0.15) is 4.39 Å². The zero-order chi connectivity index (χ0) is 10.7. The average Bonchev–Trinajstić information content (AvgIpc) is 2.29. The fourth-order valence-corrected chi connectivity index (χ4v) is 1.38. The lowest BCUT2D eigenvalue weighted by Crippen LogP contribution is -1.85. The Morgan fingerprint density at radius 2 is 1.80 bits per heavy atom. The molecule has 0 aliphatic heterocycles. The number of halogens is 1. The average molecular weight is 203 g/mol. The summed E-state index contributed by atoms with van der Waals surface area (Å²) in [7, 11) is 0. The van der Waals surface area contributed by atoms with Gasteiger partial charge >= 0.3 is 0 Å². The summed E-state index contributed by atoms with van der Waals surface area (Å²) < 4.78 is 12.8. The number of hydrogen-bond acceptors (Lipinski definition) is 2. The van der Waals surface area contributed by atoms with Crippen LogP contribution < -0.4 is 0 Å². The molecule has 2 nitrogen and oxygen atoms in total. The number of nitrogens with zero attached hydrogens (tertiary/aromatic N) is 1. The first-order valence-electron chi connectivity index (χ1n) is 4.61. The number of aliphatic hydroxyl groups excluding tert-OH is 1. The lowest BCUT2D eigenvalue weighted by atomic mass is 10.1. The van der Waals surface area contributed by atoms with Crippen molar-refractivity contribution in [2.45, 2.75) is 6.61 Å². The van der Waals surface area contributed by atoms with Crippen LogP contribution in [0.4, 0.5) is 4.39 Å². The number of benzene rings is 1. The van der Waals surface area contributed by atoms with Gasteiger partial charge in [0.15, 0.2) is 0 Å². The van der Waals surface area contributed by atoms with Gasteiger partial charge in [-0.25, -0.2) is 4.98 Å². The molecule has 0 spiro atoms. The van der Waals surface area contributed by atoms with Crippen LogP contribution in [0.25, 0.3) is 11.1 Å². The predicted molar refractivity (Wildman–Crippen MR) is 55.6 cm³/mol. The molecule has 0 amide bonds. The molecule has 76 valence electrons. The Labute approximate surface area is 87.0 Å². The minimum Gasteiger partial charge on any atom is -0.392 e. The summed E-state index contributed by atoms with van der Waals surface area (Å²) in [5.41, 5.74) is 2.54. The van der Waals surface area contributed by atoms with Gasteiger partial charge in [-0.3, -0.25) is 0 Å². The second-order valence-corrected chi connectivity index (χ2v) is 3.22. The molecule has 0 fully saturated rings. The van der Waals surface area contributed by atoms with Crippen LogP contribution in [-0.4, -0.2) is 10.1 Å². The zero-order valence-electron chi connectivity index (χ0n) is 8.02. The van der Waals surface area contributed by atoms with Gasteiger partial charge in [0.05, 0.1) is 6.61 Å². The van der Waals surface area contributed by atoms with Gasteiger partial charge in [0.25, 0.3) is 0 Å². The summed E-state index contributed by atoms with van der Waals surface area (Å²) in [5, 5.41) is 8.87. The maximum absolute atomic E-state index is 12.8. The fraction of sp³-hybridized carbons (Fsp3) is 0.0833. The molecule has 0 unspecified atom stereocenters. The molecule has 2 aromatic rings. The predicted octanol–water partition coefficient (Wildman–Crippen LogP) is 2.38. The molecular weight excluding hydrogens is 193 g/mol. The van der Waals surface area contributed by atoms with E-state index in [0.717, 1.165) is 16.7 Å². The van der Waals surface area contributed by atoms with Crippen LogP contribution in [0.5, 0.6) is 0 Å². The highest BCUT2D eigenvalue weighted by Gasteiger charge is 1.99. The van der Waals surface area contributed by atoms with E-state index in [2.05, 4.69) is 4.98 Å². The first-order chi connectivity index (χ1) is 7.29. The standard InChI is InChI=1S/C12H10FNO/c13-12-7-11(5-6-14-12)10-3-1-9(8-15)2-4-10/h1-7,15H,8H2. The molecule has 3 heteroatoms. The van der Waals surface area contributed by atoms with E-state index in [4.69, 9.17) is 5.11 Å². The first-order valence-corrected chi connectivity index (χ1v) is 4.61. The van der Waals surface area contributed by atoms with Gasteiger partial charge in [-0.15, -0.1) is 0 Å². The van der Waals surface area contributed by atoms with Crippen LogP contribution in [-0.2, 0) is 6.61 Å². The normalized spacial score (nSPS) is 10.3. The number of hydrogen-bond donors (Lipinski definition) is 1. The lowest BCUT2D eigenvalue weighted by molar-refractivity contribution is 0.282. The van der Waals surface area contributed by atoms with Crippen molar-refractivity contribution < 1.29 is 9.50 Å². The molecule has 0 saturated heterocycles. The van der Waals surface area contributed by atoms with E-state index in [1.165, 1.54) is 12.3 Å². The topological polar surface area (TPSA) is 33.1 Å². The molecular formula is C12H10FNO. The SMILES string of the molecule is OCc1ccc(-c2ccnc(F)c2)cc1. The Kier molecular flexibility index (Phi) is 2.74. The second kappa shape index (κ2) is 4.19. The highest BCUT2D eigenvalue weighted by molar-refractivity contribution is 5.62. The second-order valence-electron chi connectivity index (χ2n) is 3.22. The molecule has 15 heavy (non-hydrogen) atoms. The van der Waals surface area contributed by atoms with E-state index in [-0.39, 0.29) is 6.61 Å². The molecule has 0 aliphatic carbocycles. The fourth-order valence-electron chi connectivity index (χ4n) is 1.38. The van der Waals surface area contributed by atoms with E-state index in [1.54, 1.807) is 6.07 Å². The largest absolute Gasteiger partial charge is 0.392 e. The highest BCUT2D eigenvalue weighted by atomic mass is 19.1. The third kappa shape index (κ3) is 2.19. The Morgan fingerprint density at radius 3 is 2.40 bits per heavy atom. The van der Waals surface area contributed by atoms with Crippen LogP contribution in [0.3, 0.4) is 0 Å². The summed E-state index contributed by atoms with van der Waals surface area (Å²) in [6.07, 6.45) is 1.44. The number of rotatable bonds is 2. The molecule has 0 bridgehead atoms. The van der Waals surface area contributed by atoms with Crippen molar-refractivity contribution in [3.05, 3.63) is 54.1 Å². The van der Waals surface area contributed by atoms with Gasteiger partial charge in [-0.1, -0.05) is 24.3 Å². The minimum atomic E-state index is -0.487. The van der Waals surface area contributed by atoms with E-state index >= 15 is 0 Å². The summed E-state index contributed by atoms with van der Waals surface area (Å²) in [4.78, 5) is 3.49. The van der Waals surface area contributed by atoms with Gasteiger partial charge in [0.1, 0.15) is 0 Å². The Balaban J connectivity index is 2.37. The molecule has 2 rings (SSSR count). The molecule has 1 aromatic heterocycles. The summed E-state index contributed by atoms with van der Waals surface area (Å²) in [6, 6.07) is 10.5. The van der Waals surface area contributed by atoms with Crippen LogP contribution >= 0.6 is 0 Å². The number of aliphatic hydroxyl groups is 1. The third-order valence-corrected chi connectivity index (χ3v) is 2.20. The summed E-state index contributed by atoms with van der Waals surface area (Å²) in [6.45, 7) is 0.0188. The Morgan fingerprint density at radius 1 is 1.07 bits per heavy atom. The van der Waals surface area contributed by atoms with Crippen molar-refractivity contribution in [1.82, 2.24) is 4.98 Å². The van der Waals surface area contributed by atoms with E-state index < -0.39 is 5.95 Å². The molecule has 1 aromatic carbocycles. The highest BCUT2D eigenvalue weighted by Crippen LogP contribution is 2.19. The van der Waals surface area contributed by atoms with Gasteiger partial charge in [0.2, 0.25) is 5.95 Å². The first kappa shape index (κ1) is 9.80. The van der Waals surface area contributed by atoms with E-state index in [9.17, 15) is 4.39 Å². The van der Waals surface area contributed by atoms with E-state index in [0.29, 0.717) is 0 Å². The summed E-state index contributed by atoms with van der Waals surface area (Å²) in [5.74, 6) is -0.487. The van der Waals surface area contributed by atoms with Crippen molar-refractivity contribution in [3.8, 4) is 11.1 Å². The van der Waals surface area contributed by atoms with Gasteiger partial charge < -0.3 is 5.11 Å². The van der Waals surface area contributed by atoms with Gasteiger partial charge in [-0.05, 0) is 22.8 Å². The number of pyridine rings is 1. The van der Waals surface area contributed by atoms with Crippen molar-refractivity contribution in [3.63, 3.8) is 0 Å². The van der Waals surface area contributed by atoms with Crippen LogP contribution in [0.2, 0.25) is 0 Å². The monoisotopic (exact) mass is 203 g/mol. The van der Waals surface area contributed by atoms with Crippen LogP contribution in [0.1, 0.15) is 5.56 Å². The summed E-state index contributed by atoms with van der Waals surface area (Å²) >= 11 is 0. The maximum Gasteiger partial charge on any atom is 0.213 e. The minimum absolute atomic E-state index is 0.0188. The molecule has 0 aliphatic rings.